The number of carbonyl (C=O) groups is 1. The summed E-state index contributed by atoms with van der Waals surface area (Å²) >= 11 is 0. The van der Waals surface area contributed by atoms with Crippen molar-refractivity contribution in [2.45, 2.75) is 45.6 Å². The van der Waals surface area contributed by atoms with E-state index in [1.807, 2.05) is 18.7 Å². The Morgan fingerprint density at radius 2 is 1.80 bits per heavy atom. The third-order valence-corrected chi connectivity index (χ3v) is 3.79. The molecule has 20 heavy (non-hydrogen) atoms. The van der Waals surface area contributed by atoms with Crippen molar-refractivity contribution in [3.8, 4) is 0 Å². The van der Waals surface area contributed by atoms with Gasteiger partial charge in [-0.05, 0) is 30.9 Å². The third-order valence-electron chi connectivity index (χ3n) is 3.79. The highest BCUT2D eigenvalue weighted by Crippen LogP contribution is 2.33. The van der Waals surface area contributed by atoms with Crippen LogP contribution in [0.25, 0.3) is 0 Å². The maximum absolute atomic E-state index is 14.2. The van der Waals surface area contributed by atoms with Crippen LogP contribution in [-0.4, -0.2) is 18.9 Å². The molecule has 0 amide bonds. The Labute approximate surface area is 118 Å². The van der Waals surface area contributed by atoms with E-state index in [-0.39, 0.29) is 17.3 Å². The van der Waals surface area contributed by atoms with Gasteiger partial charge < -0.3 is 4.90 Å². The highest BCUT2D eigenvalue weighted by Gasteiger charge is 2.28. The number of hydrogen-bond donors (Lipinski definition) is 0. The molecule has 0 atom stereocenters. The van der Waals surface area contributed by atoms with E-state index in [1.54, 1.807) is 0 Å². The Hall–Kier alpha value is -1.45. The number of nitrogens with zero attached hydrogens (tertiary/aromatic N) is 1. The molecule has 0 radical (unpaired) electrons. The van der Waals surface area contributed by atoms with Crippen LogP contribution in [0.1, 0.15) is 49.9 Å². The molecule has 0 aromatic heterocycles. The maximum Gasteiger partial charge on any atom is 0.150 e. The zero-order valence-corrected chi connectivity index (χ0v) is 12.0. The van der Waals surface area contributed by atoms with Gasteiger partial charge in [0.15, 0.2) is 0 Å². The molecule has 0 bridgehead atoms. The van der Waals surface area contributed by atoms with Crippen molar-refractivity contribution in [2.75, 3.05) is 11.4 Å². The normalized spacial score (nSPS) is 15.8. The first-order chi connectivity index (χ1) is 9.52. The van der Waals surface area contributed by atoms with E-state index in [1.165, 1.54) is 0 Å². The van der Waals surface area contributed by atoms with Crippen molar-refractivity contribution in [3.63, 3.8) is 0 Å². The van der Waals surface area contributed by atoms with E-state index in [0.29, 0.717) is 18.7 Å². The van der Waals surface area contributed by atoms with Crippen LogP contribution >= 0.6 is 0 Å². The van der Waals surface area contributed by atoms with Gasteiger partial charge in [-0.25, -0.2) is 8.78 Å². The molecular formula is C16H21F2NO. The Morgan fingerprint density at radius 3 is 2.25 bits per heavy atom. The van der Waals surface area contributed by atoms with Gasteiger partial charge in [0.2, 0.25) is 0 Å². The van der Waals surface area contributed by atoms with Gasteiger partial charge in [0.25, 0.3) is 0 Å². The second kappa shape index (κ2) is 6.33. The number of rotatable bonds is 5. The van der Waals surface area contributed by atoms with E-state index in [9.17, 15) is 13.6 Å². The van der Waals surface area contributed by atoms with Crippen LogP contribution in [-0.2, 0) is 0 Å². The van der Waals surface area contributed by atoms with Gasteiger partial charge >= 0.3 is 0 Å². The summed E-state index contributed by atoms with van der Waals surface area (Å²) in [6.07, 6.45) is 4.63. The molecule has 1 aliphatic carbocycles. The fourth-order valence-electron chi connectivity index (χ4n) is 2.96. The highest BCUT2D eigenvalue weighted by atomic mass is 19.1. The predicted molar refractivity (Wildman–Crippen MR) is 76.2 cm³/mol. The monoisotopic (exact) mass is 281 g/mol. The number of aldehydes is 1. The van der Waals surface area contributed by atoms with E-state index in [4.69, 9.17) is 0 Å². The van der Waals surface area contributed by atoms with E-state index in [0.717, 1.165) is 37.8 Å². The number of hydrogen-bond acceptors (Lipinski definition) is 2. The molecule has 2 nitrogen and oxygen atoms in total. The van der Waals surface area contributed by atoms with Gasteiger partial charge in [0.1, 0.15) is 23.6 Å². The lowest BCUT2D eigenvalue weighted by atomic mass is 10.1. The molecule has 1 aromatic carbocycles. The van der Waals surface area contributed by atoms with Gasteiger partial charge in [-0.15, -0.1) is 0 Å². The minimum atomic E-state index is -0.639. The molecule has 1 saturated carbocycles. The van der Waals surface area contributed by atoms with Crippen molar-refractivity contribution < 1.29 is 13.6 Å². The first kappa shape index (κ1) is 14.9. The van der Waals surface area contributed by atoms with E-state index < -0.39 is 11.6 Å². The molecule has 0 heterocycles. The number of benzene rings is 1. The summed E-state index contributed by atoms with van der Waals surface area (Å²) in [6.45, 7) is 4.70. The van der Waals surface area contributed by atoms with Crippen LogP contribution in [0.3, 0.4) is 0 Å². The fourth-order valence-corrected chi connectivity index (χ4v) is 2.96. The Morgan fingerprint density at radius 1 is 1.25 bits per heavy atom. The largest absolute Gasteiger partial charge is 0.364 e. The van der Waals surface area contributed by atoms with Crippen LogP contribution in [0.4, 0.5) is 14.5 Å². The van der Waals surface area contributed by atoms with E-state index in [2.05, 4.69) is 0 Å². The lowest BCUT2D eigenvalue weighted by Crippen LogP contribution is -2.37. The van der Waals surface area contributed by atoms with Crippen molar-refractivity contribution in [1.82, 2.24) is 0 Å². The zero-order valence-electron chi connectivity index (χ0n) is 12.0. The van der Waals surface area contributed by atoms with Gasteiger partial charge in [0.05, 0.1) is 0 Å². The number of carbonyl (C=O) groups excluding carboxylic acids is 1. The molecule has 1 aliphatic rings. The van der Waals surface area contributed by atoms with Crippen LogP contribution < -0.4 is 4.90 Å². The molecule has 1 aromatic rings. The van der Waals surface area contributed by atoms with Crippen molar-refractivity contribution in [3.05, 3.63) is 29.3 Å². The molecule has 4 heteroatoms. The minimum Gasteiger partial charge on any atom is -0.364 e. The number of halogens is 2. The van der Waals surface area contributed by atoms with Gasteiger partial charge in [0, 0.05) is 18.2 Å². The van der Waals surface area contributed by atoms with Crippen LogP contribution in [0.2, 0.25) is 0 Å². The molecule has 1 fully saturated rings. The summed E-state index contributed by atoms with van der Waals surface area (Å²) in [7, 11) is 0. The second-order valence-electron chi connectivity index (χ2n) is 5.94. The smallest absolute Gasteiger partial charge is 0.150 e. The first-order valence-electron chi connectivity index (χ1n) is 7.23. The molecule has 0 aliphatic heterocycles. The van der Waals surface area contributed by atoms with Crippen LogP contribution in [0, 0.1) is 17.6 Å². The van der Waals surface area contributed by atoms with Crippen molar-refractivity contribution in [2.24, 2.45) is 5.92 Å². The molecule has 2 rings (SSSR count). The summed E-state index contributed by atoms with van der Waals surface area (Å²) < 4.78 is 28.4. The molecule has 0 saturated heterocycles. The van der Waals surface area contributed by atoms with Gasteiger partial charge in [-0.2, -0.15) is 0 Å². The topological polar surface area (TPSA) is 20.3 Å². The SMILES string of the molecule is CC(C)CN(c1c(F)cc(C=O)cc1F)C1CCCC1. The minimum absolute atomic E-state index is 0.0243. The maximum atomic E-state index is 14.2. The standard InChI is InChI=1S/C16H21F2NO/c1-11(2)9-19(13-5-3-4-6-13)16-14(17)7-12(10-20)8-15(16)18/h7-8,10-11,13H,3-6,9H2,1-2H3. The molecule has 0 unspecified atom stereocenters. The number of anilines is 1. The van der Waals surface area contributed by atoms with Crippen molar-refractivity contribution in [1.29, 1.82) is 0 Å². The Balaban J connectivity index is 2.39. The predicted octanol–water partition coefficient (Wildman–Crippen LogP) is 4.18. The molecule has 110 valence electrons. The zero-order chi connectivity index (χ0) is 14.7. The fraction of sp³-hybridized carbons (Fsp3) is 0.562. The molecule has 0 spiro atoms. The lowest BCUT2D eigenvalue weighted by Gasteiger charge is -2.33. The second-order valence-corrected chi connectivity index (χ2v) is 5.94. The summed E-state index contributed by atoms with van der Waals surface area (Å²) in [5.41, 5.74) is 0.0656. The average molecular weight is 281 g/mol. The quantitative estimate of drug-likeness (QED) is 0.754. The Bertz CT molecular complexity index is 458. The van der Waals surface area contributed by atoms with Gasteiger partial charge in [-0.3, -0.25) is 4.79 Å². The Kier molecular flexibility index (Phi) is 4.73. The average Bonchev–Trinajstić information content (AvgIpc) is 2.89. The van der Waals surface area contributed by atoms with E-state index >= 15 is 0 Å². The van der Waals surface area contributed by atoms with Crippen LogP contribution in [0.15, 0.2) is 12.1 Å². The summed E-state index contributed by atoms with van der Waals surface area (Å²) in [5, 5.41) is 0. The summed E-state index contributed by atoms with van der Waals surface area (Å²) in [5.74, 6) is -0.959. The third kappa shape index (κ3) is 3.17. The molecular weight excluding hydrogens is 260 g/mol. The summed E-state index contributed by atoms with van der Waals surface area (Å²) in [4.78, 5) is 12.5. The first-order valence-corrected chi connectivity index (χ1v) is 7.23. The highest BCUT2D eigenvalue weighted by molar-refractivity contribution is 5.76. The lowest BCUT2D eigenvalue weighted by molar-refractivity contribution is 0.112. The van der Waals surface area contributed by atoms with Crippen LogP contribution in [0.5, 0.6) is 0 Å². The van der Waals surface area contributed by atoms with Gasteiger partial charge in [-0.1, -0.05) is 26.7 Å². The molecule has 0 N–H and O–H groups in total. The van der Waals surface area contributed by atoms with Crippen molar-refractivity contribution >= 4 is 12.0 Å². The summed E-state index contributed by atoms with van der Waals surface area (Å²) in [6, 6.07) is 2.44.